The van der Waals surface area contributed by atoms with Crippen LogP contribution in [0.3, 0.4) is 0 Å². The zero-order chi connectivity index (χ0) is 24.8. The second-order valence-electron chi connectivity index (χ2n) is 7.34. The van der Waals surface area contributed by atoms with Crippen LogP contribution < -0.4 is 14.4 Å². The standard InChI is InChI=1S/C22H27Cl2N3O5S/c1-5-25-22(29)15(2)26(13-16-6-8-20(32-3)9-7-16)21(28)14-27(33(4,30)31)19-11-17(23)10-18(24)12-19/h6-12,15H,5,13-14H2,1-4H3,(H,25,29)/t15-/m0/s1. The van der Waals surface area contributed by atoms with Crippen LogP contribution in [0.5, 0.6) is 5.75 Å². The van der Waals surface area contributed by atoms with Crippen molar-refractivity contribution in [2.75, 3.05) is 30.8 Å². The third kappa shape index (κ3) is 7.52. The Kier molecular flexibility index (Phi) is 9.39. The number of sulfonamides is 1. The molecule has 1 atom stereocenters. The zero-order valence-electron chi connectivity index (χ0n) is 18.8. The van der Waals surface area contributed by atoms with Gasteiger partial charge in [0, 0.05) is 23.1 Å². The summed E-state index contributed by atoms with van der Waals surface area (Å²) in [7, 11) is -2.32. The molecular weight excluding hydrogens is 489 g/mol. The molecule has 0 aliphatic carbocycles. The van der Waals surface area contributed by atoms with Gasteiger partial charge in [-0.1, -0.05) is 35.3 Å². The van der Waals surface area contributed by atoms with Crippen LogP contribution in [0, 0.1) is 0 Å². The molecule has 0 aliphatic rings. The second-order valence-corrected chi connectivity index (χ2v) is 10.1. The number of methoxy groups -OCH3 is 1. The van der Waals surface area contributed by atoms with Crippen LogP contribution in [-0.4, -0.2) is 57.6 Å². The molecule has 33 heavy (non-hydrogen) atoms. The van der Waals surface area contributed by atoms with Gasteiger partial charge in [-0.25, -0.2) is 8.42 Å². The third-order valence-electron chi connectivity index (χ3n) is 4.84. The molecule has 1 N–H and O–H groups in total. The summed E-state index contributed by atoms with van der Waals surface area (Å²) >= 11 is 12.1. The van der Waals surface area contributed by atoms with Gasteiger partial charge in [0.1, 0.15) is 18.3 Å². The largest absolute Gasteiger partial charge is 0.497 e. The summed E-state index contributed by atoms with van der Waals surface area (Å²) in [6, 6.07) is 10.5. The number of ether oxygens (including phenoxy) is 1. The number of anilines is 1. The highest BCUT2D eigenvalue weighted by Crippen LogP contribution is 2.27. The van der Waals surface area contributed by atoms with E-state index in [0.717, 1.165) is 16.1 Å². The summed E-state index contributed by atoms with van der Waals surface area (Å²) in [5.41, 5.74) is 0.899. The first-order chi connectivity index (χ1) is 15.5. The normalized spacial score (nSPS) is 12.1. The summed E-state index contributed by atoms with van der Waals surface area (Å²) in [6.45, 7) is 3.32. The Morgan fingerprint density at radius 3 is 2.15 bits per heavy atom. The minimum absolute atomic E-state index is 0.0923. The molecule has 0 aliphatic heterocycles. The van der Waals surface area contributed by atoms with Crippen LogP contribution in [0.25, 0.3) is 0 Å². The van der Waals surface area contributed by atoms with Crippen LogP contribution in [0.15, 0.2) is 42.5 Å². The van der Waals surface area contributed by atoms with Gasteiger partial charge in [0.15, 0.2) is 0 Å². The highest BCUT2D eigenvalue weighted by atomic mass is 35.5. The lowest BCUT2D eigenvalue weighted by atomic mass is 10.1. The highest BCUT2D eigenvalue weighted by molar-refractivity contribution is 7.92. The van der Waals surface area contributed by atoms with Crippen molar-refractivity contribution >= 4 is 50.7 Å². The summed E-state index contributed by atoms with van der Waals surface area (Å²) < 4.78 is 31.1. The molecule has 0 bridgehead atoms. The van der Waals surface area contributed by atoms with Gasteiger partial charge in [-0.15, -0.1) is 0 Å². The van der Waals surface area contributed by atoms with Crippen LogP contribution in [-0.2, 0) is 26.2 Å². The molecule has 8 nitrogen and oxygen atoms in total. The number of carbonyl (C=O) groups excluding carboxylic acids is 2. The number of nitrogens with one attached hydrogen (secondary N) is 1. The second kappa shape index (κ2) is 11.6. The lowest BCUT2D eigenvalue weighted by molar-refractivity contribution is -0.139. The molecule has 2 amide bonds. The number of likely N-dealkylation sites (N-methyl/N-ethyl adjacent to an activating group) is 1. The minimum atomic E-state index is -3.87. The Labute approximate surface area is 204 Å². The fraction of sp³-hybridized carbons (Fsp3) is 0.364. The number of hydrogen-bond acceptors (Lipinski definition) is 5. The van der Waals surface area contributed by atoms with E-state index in [4.69, 9.17) is 27.9 Å². The lowest BCUT2D eigenvalue weighted by Gasteiger charge is -2.31. The van der Waals surface area contributed by atoms with Crippen molar-refractivity contribution < 1.29 is 22.7 Å². The molecule has 0 unspecified atom stereocenters. The van der Waals surface area contributed by atoms with E-state index in [2.05, 4.69) is 5.32 Å². The number of rotatable bonds is 10. The van der Waals surface area contributed by atoms with Gasteiger partial charge in [-0.3, -0.25) is 13.9 Å². The summed E-state index contributed by atoms with van der Waals surface area (Å²) in [6.07, 6.45) is 0.982. The van der Waals surface area contributed by atoms with E-state index in [1.165, 1.54) is 23.1 Å². The molecule has 0 spiro atoms. The Morgan fingerprint density at radius 2 is 1.67 bits per heavy atom. The van der Waals surface area contributed by atoms with Gasteiger partial charge in [0.2, 0.25) is 21.8 Å². The van der Waals surface area contributed by atoms with E-state index in [1.807, 2.05) is 0 Å². The first-order valence-corrected chi connectivity index (χ1v) is 12.7. The average Bonchev–Trinajstić information content (AvgIpc) is 2.74. The van der Waals surface area contributed by atoms with Crippen LogP contribution in [0.4, 0.5) is 5.69 Å². The maximum Gasteiger partial charge on any atom is 0.244 e. The van der Waals surface area contributed by atoms with Gasteiger partial charge in [0.25, 0.3) is 0 Å². The number of benzene rings is 2. The molecule has 0 saturated heterocycles. The van der Waals surface area contributed by atoms with Gasteiger partial charge in [-0.2, -0.15) is 0 Å². The number of nitrogens with zero attached hydrogens (tertiary/aromatic N) is 2. The summed E-state index contributed by atoms with van der Waals surface area (Å²) in [5, 5.41) is 3.15. The molecule has 2 rings (SSSR count). The Bertz CT molecular complexity index is 1070. The van der Waals surface area contributed by atoms with E-state index in [-0.39, 0.29) is 28.2 Å². The fourth-order valence-corrected chi connectivity index (χ4v) is 4.48. The fourth-order valence-electron chi connectivity index (χ4n) is 3.13. The molecule has 0 radical (unpaired) electrons. The van der Waals surface area contributed by atoms with Crippen molar-refractivity contribution in [1.29, 1.82) is 0 Å². The number of amides is 2. The molecule has 0 aromatic heterocycles. The highest BCUT2D eigenvalue weighted by Gasteiger charge is 2.30. The molecule has 2 aromatic carbocycles. The Hall–Kier alpha value is -2.49. The topological polar surface area (TPSA) is 96.0 Å². The van der Waals surface area contributed by atoms with Gasteiger partial charge < -0.3 is 15.0 Å². The molecule has 2 aromatic rings. The number of halogens is 2. The molecule has 0 fully saturated rings. The zero-order valence-corrected chi connectivity index (χ0v) is 21.2. The van der Waals surface area contributed by atoms with Crippen molar-refractivity contribution in [2.24, 2.45) is 0 Å². The maximum absolute atomic E-state index is 13.4. The molecular formula is C22H27Cl2N3O5S. The average molecular weight is 516 g/mol. The SMILES string of the molecule is CCNC(=O)[C@H](C)N(Cc1ccc(OC)cc1)C(=O)CN(c1cc(Cl)cc(Cl)c1)S(C)(=O)=O. The Balaban J connectivity index is 2.40. The molecule has 0 saturated carbocycles. The summed E-state index contributed by atoms with van der Waals surface area (Å²) in [5.74, 6) is -0.267. The van der Waals surface area contributed by atoms with E-state index >= 15 is 0 Å². The van der Waals surface area contributed by atoms with Crippen molar-refractivity contribution in [3.63, 3.8) is 0 Å². The van der Waals surface area contributed by atoms with Crippen LogP contribution >= 0.6 is 23.2 Å². The summed E-state index contributed by atoms with van der Waals surface area (Å²) in [4.78, 5) is 27.2. The van der Waals surface area contributed by atoms with Crippen LogP contribution in [0.2, 0.25) is 10.0 Å². The third-order valence-corrected chi connectivity index (χ3v) is 6.42. The van der Waals surface area contributed by atoms with Crippen molar-refractivity contribution in [3.8, 4) is 5.75 Å². The number of carbonyl (C=O) groups is 2. The number of hydrogen-bond donors (Lipinski definition) is 1. The van der Waals surface area contributed by atoms with Crippen molar-refractivity contribution in [2.45, 2.75) is 26.4 Å². The van der Waals surface area contributed by atoms with Crippen molar-refractivity contribution in [1.82, 2.24) is 10.2 Å². The smallest absolute Gasteiger partial charge is 0.244 e. The van der Waals surface area contributed by atoms with E-state index < -0.39 is 28.5 Å². The first kappa shape index (κ1) is 26.8. The van der Waals surface area contributed by atoms with Gasteiger partial charge in [-0.05, 0) is 49.7 Å². The first-order valence-electron chi connectivity index (χ1n) is 10.1. The quantitative estimate of drug-likeness (QED) is 0.523. The Morgan fingerprint density at radius 1 is 1.09 bits per heavy atom. The molecule has 11 heteroatoms. The lowest BCUT2D eigenvalue weighted by Crippen LogP contribution is -2.51. The monoisotopic (exact) mass is 515 g/mol. The van der Waals surface area contributed by atoms with Gasteiger partial charge in [0.05, 0.1) is 19.1 Å². The molecule has 0 heterocycles. The van der Waals surface area contributed by atoms with E-state index in [1.54, 1.807) is 45.2 Å². The maximum atomic E-state index is 13.4. The predicted octanol–water partition coefficient (Wildman–Crippen LogP) is 3.32. The van der Waals surface area contributed by atoms with E-state index in [9.17, 15) is 18.0 Å². The van der Waals surface area contributed by atoms with Crippen molar-refractivity contribution in [3.05, 3.63) is 58.1 Å². The van der Waals surface area contributed by atoms with E-state index in [0.29, 0.717) is 12.3 Å². The molecule has 180 valence electrons. The van der Waals surface area contributed by atoms with Crippen LogP contribution in [0.1, 0.15) is 19.4 Å². The predicted molar refractivity (Wildman–Crippen MR) is 130 cm³/mol. The minimum Gasteiger partial charge on any atom is -0.497 e. The van der Waals surface area contributed by atoms with Gasteiger partial charge >= 0.3 is 0 Å².